The minimum absolute atomic E-state index is 0.0781. The quantitative estimate of drug-likeness (QED) is 0.0221. The highest BCUT2D eigenvalue weighted by molar-refractivity contribution is 7.47. The van der Waals surface area contributed by atoms with Crippen LogP contribution in [0.4, 0.5) is 0 Å². The molecular formula is C43H81NO7P+. The molecule has 0 aromatic carbocycles. The van der Waals surface area contributed by atoms with Gasteiger partial charge < -0.3 is 18.9 Å². The first kappa shape index (κ1) is 50.5. The number of rotatable bonds is 38. The van der Waals surface area contributed by atoms with Crippen molar-refractivity contribution in [3.05, 3.63) is 48.6 Å². The van der Waals surface area contributed by atoms with Gasteiger partial charge in [-0.25, -0.2) is 4.57 Å². The molecule has 0 saturated heterocycles. The number of nitrogens with zero attached hydrogens (tertiary/aromatic N) is 1. The van der Waals surface area contributed by atoms with E-state index in [2.05, 4.69) is 62.5 Å². The van der Waals surface area contributed by atoms with Gasteiger partial charge in [-0.15, -0.1) is 0 Å². The van der Waals surface area contributed by atoms with Crippen molar-refractivity contribution in [2.45, 2.75) is 168 Å². The summed E-state index contributed by atoms with van der Waals surface area (Å²) >= 11 is 0. The molecule has 304 valence electrons. The van der Waals surface area contributed by atoms with Gasteiger partial charge in [0.15, 0.2) is 0 Å². The molecule has 0 bridgehead atoms. The molecular weight excluding hydrogens is 673 g/mol. The van der Waals surface area contributed by atoms with Crippen LogP contribution in [0.25, 0.3) is 0 Å². The van der Waals surface area contributed by atoms with E-state index >= 15 is 0 Å². The second kappa shape index (κ2) is 36.4. The molecule has 0 aromatic rings. The lowest BCUT2D eigenvalue weighted by Crippen LogP contribution is -2.37. The fourth-order valence-corrected chi connectivity index (χ4v) is 6.11. The van der Waals surface area contributed by atoms with Crippen molar-refractivity contribution >= 4 is 13.8 Å². The van der Waals surface area contributed by atoms with E-state index in [4.69, 9.17) is 18.5 Å². The summed E-state index contributed by atoms with van der Waals surface area (Å²) in [5.74, 6) is -0.368. The van der Waals surface area contributed by atoms with Crippen LogP contribution in [0, 0.1) is 0 Å². The molecule has 0 aliphatic carbocycles. The summed E-state index contributed by atoms with van der Waals surface area (Å²) in [5, 5.41) is 0. The number of esters is 1. The van der Waals surface area contributed by atoms with Crippen molar-refractivity contribution in [1.82, 2.24) is 0 Å². The zero-order chi connectivity index (χ0) is 38.4. The maximum absolute atomic E-state index is 12.6. The molecule has 9 heteroatoms. The topological polar surface area (TPSA) is 91.3 Å². The third-order valence-corrected chi connectivity index (χ3v) is 9.63. The van der Waals surface area contributed by atoms with Crippen molar-refractivity contribution in [3.8, 4) is 0 Å². The Morgan fingerprint density at radius 2 is 1.06 bits per heavy atom. The Balaban J connectivity index is 4.37. The Hall–Kier alpha value is -1.54. The third-order valence-electron chi connectivity index (χ3n) is 8.64. The summed E-state index contributed by atoms with van der Waals surface area (Å²) in [6.45, 7) is 5.52. The van der Waals surface area contributed by atoms with E-state index in [1.54, 1.807) is 0 Å². The van der Waals surface area contributed by atoms with Gasteiger partial charge in [-0.2, -0.15) is 0 Å². The van der Waals surface area contributed by atoms with Crippen molar-refractivity contribution in [3.63, 3.8) is 0 Å². The van der Waals surface area contributed by atoms with Crippen molar-refractivity contribution in [2.24, 2.45) is 0 Å². The first-order chi connectivity index (χ1) is 25.1. The fourth-order valence-electron chi connectivity index (χ4n) is 5.37. The number of ether oxygens (including phenoxy) is 2. The molecule has 1 N–H and O–H groups in total. The van der Waals surface area contributed by atoms with E-state index in [9.17, 15) is 14.3 Å². The number of unbranched alkanes of at least 4 members (excludes halogenated alkanes) is 16. The van der Waals surface area contributed by atoms with E-state index in [1.807, 2.05) is 21.1 Å². The van der Waals surface area contributed by atoms with E-state index in [0.29, 0.717) is 24.1 Å². The van der Waals surface area contributed by atoms with Crippen LogP contribution in [0.5, 0.6) is 0 Å². The van der Waals surface area contributed by atoms with Gasteiger partial charge in [-0.05, 0) is 51.4 Å². The van der Waals surface area contributed by atoms with Crippen LogP contribution < -0.4 is 0 Å². The van der Waals surface area contributed by atoms with Gasteiger partial charge in [0.1, 0.15) is 19.3 Å². The molecule has 0 fully saturated rings. The Labute approximate surface area is 320 Å². The molecule has 2 unspecified atom stereocenters. The van der Waals surface area contributed by atoms with Gasteiger partial charge in [0.25, 0.3) is 0 Å². The highest BCUT2D eigenvalue weighted by Gasteiger charge is 2.26. The fraction of sp³-hybridized carbons (Fsp3) is 0.791. The average molecular weight is 755 g/mol. The molecule has 0 amide bonds. The zero-order valence-corrected chi connectivity index (χ0v) is 35.2. The second-order valence-electron chi connectivity index (χ2n) is 15.0. The number of hydrogen-bond donors (Lipinski definition) is 1. The van der Waals surface area contributed by atoms with Crippen molar-refractivity contribution < 1.29 is 37.3 Å². The summed E-state index contributed by atoms with van der Waals surface area (Å²) < 4.78 is 34.9. The number of phosphoric ester groups is 1. The standard InChI is InChI=1S/C43H80NO7P/c1-6-8-10-12-14-16-18-20-21-22-23-24-26-28-30-32-34-36-43(45)51-42(41-50-52(46,47)49-39-37-44(3,4)5)40-48-38-35-33-31-29-27-25-19-17-15-13-11-9-7-2/h14,16,20-21,23-24,28,30,42H,6-13,15,17-19,22,25-27,29,31-41H2,1-5H3/p+1/b16-14-,21-20-,24-23-,30-28-. The summed E-state index contributed by atoms with van der Waals surface area (Å²) in [6.07, 6.45) is 42.9. The number of carbonyl (C=O) groups excluding carboxylic acids is 1. The molecule has 52 heavy (non-hydrogen) atoms. The average Bonchev–Trinajstić information content (AvgIpc) is 3.09. The summed E-state index contributed by atoms with van der Waals surface area (Å²) in [5.41, 5.74) is 0. The summed E-state index contributed by atoms with van der Waals surface area (Å²) in [6, 6.07) is 0. The van der Waals surface area contributed by atoms with Gasteiger partial charge in [0.05, 0.1) is 34.4 Å². The highest BCUT2D eigenvalue weighted by Crippen LogP contribution is 2.43. The number of allylic oxidation sites excluding steroid dienone is 8. The maximum Gasteiger partial charge on any atom is 0.472 e. The van der Waals surface area contributed by atoms with Crippen LogP contribution in [-0.4, -0.2) is 75.6 Å². The summed E-state index contributed by atoms with van der Waals surface area (Å²) in [7, 11) is 1.63. The highest BCUT2D eigenvalue weighted by atomic mass is 31.2. The maximum atomic E-state index is 12.6. The van der Waals surface area contributed by atoms with Crippen LogP contribution >= 0.6 is 7.82 Å². The molecule has 0 aromatic heterocycles. The molecule has 2 atom stereocenters. The molecule has 0 rings (SSSR count). The molecule has 0 spiro atoms. The third kappa shape index (κ3) is 39.7. The lowest BCUT2D eigenvalue weighted by atomic mass is 10.0. The number of likely N-dealkylation sites (N-methyl/N-ethyl adjacent to an activating group) is 1. The van der Waals surface area contributed by atoms with Crippen LogP contribution in [0.3, 0.4) is 0 Å². The van der Waals surface area contributed by atoms with Gasteiger partial charge in [-0.1, -0.05) is 152 Å². The second-order valence-corrected chi connectivity index (χ2v) is 16.5. The van der Waals surface area contributed by atoms with Crippen molar-refractivity contribution in [1.29, 1.82) is 0 Å². The minimum atomic E-state index is -4.28. The molecule has 0 aliphatic rings. The first-order valence-corrected chi connectivity index (χ1v) is 22.4. The van der Waals surface area contributed by atoms with Gasteiger partial charge in [-0.3, -0.25) is 13.8 Å². The lowest BCUT2D eigenvalue weighted by Gasteiger charge is -2.24. The first-order valence-electron chi connectivity index (χ1n) is 20.9. The number of quaternary nitrogens is 1. The predicted molar refractivity (Wildman–Crippen MR) is 219 cm³/mol. The van der Waals surface area contributed by atoms with Gasteiger partial charge >= 0.3 is 13.8 Å². The predicted octanol–water partition coefficient (Wildman–Crippen LogP) is 12.0. The van der Waals surface area contributed by atoms with E-state index < -0.39 is 13.9 Å². The SMILES string of the molecule is CCCCC/C=C\C/C=C\C/C=C\C/C=C\CCCC(=O)OC(COCCCCCCCCCCCCCCC)COP(=O)(O)OCC[N+](C)(C)C. The molecule has 0 saturated carbocycles. The molecule has 0 radical (unpaired) electrons. The van der Waals surface area contributed by atoms with Gasteiger partial charge in [0, 0.05) is 13.0 Å². The van der Waals surface area contributed by atoms with Gasteiger partial charge in [0.2, 0.25) is 0 Å². The number of phosphoric acid groups is 1. The smallest absolute Gasteiger partial charge is 0.457 e. The monoisotopic (exact) mass is 755 g/mol. The van der Waals surface area contributed by atoms with Crippen LogP contribution in [0.2, 0.25) is 0 Å². The van der Waals surface area contributed by atoms with Crippen LogP contribution in [0.1, 0.15) is 162 Å². The van der Waals surface area contributed by atoms with Crippen LogP contribution in [0.15, 0.2) is 48.6 Å². The number of hydrogen-bond acceptors (Lipinski definition) is 6. The van der Waals surface area contributed by atoms with E-state index in [1.165, 1.54) is 96.3 Å². The van der Waals surface area contributed by atoms with Crippen LogP contribution in [-0.2, 0) is 27.9 Å². The molecule has 0 aliphatic heterocycles. The van der Waals surface area contributed by atoms with E-state index in [0.717, 1.165) is 38.5 Å². The Morgan fingerprint density at radius 1 is 0.596 bits per heavy atom. The molecule has 8 nitrogen and oxygen atoms in total. The normalized spacial score (nSPS) is 14.3. The Kier molecular flexibility index (Phi) is 35.4. The molecule has 0 heterocycles. The zero-order valence-electron chi connectivity index (χ0n) is 34.3. The number of carbonyl (C=O) groups is 1. The van der Waals surface area contributed by atoms with E-state index in [-0.39, 0.29) is 32.2 Å². The van der Waals surface area contributed by atoms with Crippen molar-refractivity contribution in [2.75, 3.05) is 54.1 Å². The largest absolute Gasteiger partial charge is 0.472 e. The Bertz CT molecular complexity index is 973. The summed E-state index contributed by atoms with van der Waals surface area (Å²) in [4.78, 5) is 22.8. The Morgan fingerprint density at radius 3 is 1.58 bits per heavy atom. The lowest BCUT2D eigenvalue weighted by molar-refractivity contribution is -0.870. The minimum Gasteiger partial charge on any atom is -0.457 e.